The fourth-order valence-electron chi connectivity index (χ4n) is 3.34. The van der Waals surface area contributed by atoms with Crippen LogP contribution in [0.3, 0.4) is 0 Å². The number of nitrogens with one attached hydrogen (secondary N) is 3. The van der Waals surface area contributed by atoms with E-state index in [1.54, 1.807) is 13.1 Å². The molecule has 2 rings (SSSR count). The topological polar surface area (TPSA) is 79.5 Å². The van der Waals surface area contributed by atoms with Crippen LogP contribution in [0.2, 0.25) is 0 Å². The quantitative estimate of drug-likeness (QED) is 0.737. The maximum atomic E-state index is 11.9. The average Bonchev–Trinajstić information content (AvgIpc) is 2.59. The maximum Gasteiger partial charge on any atom is 0.314 e. The second-order valence-corrected chi connectivity index (χ2v) is 6.76. The van der Waals surface area contributed by atoms with E-state index in [0.29, 0.717) is 31.0 Å². The van der Waals surface area contributed by atoms with Crippen molar-refractivity contribution in [3.05, 3.63) is 35.4 Å². The van der Waals surface area contributed by atoms with Gasteiger partial charge in [-0.3, -0.25) is 4.79 Å². The number of urea groups is 1. The Kier molecular flexibility index (Phi) is 7.25. The van der Waals surface area contributed by atoms with Crippen LogP contribution < -0.4 is 16.0 Å². The molecule has 25 heavy (non-hydrogen) atoms. The number of rotatable bonds is 6. The highest BCUT2D eigenvalue weighted by atomic mass is 16.5. The second-order valence-electron chi connectivity index (χ2n) is 6.76. The minimum absolute atomic E-state index is 0.104. The van der Waals surface area contributed by atoms with Crippen molar-refractivity contribution in [2.45, 2.75) is 45.3 Å². The number of hydrogen-bond acceptors (Lipinski definition) is 3. The predicted molar refractivity (Wildman–Crippen MR) is 97.7 cm³/mol. The Bertz CT molecular complexity index is 581. The third-order valence-electron chi connectivity index (χ3n) is 4.46. The van der Waals surface area contributed by atoms with Crippen molar-refractivity contribution in [3.63, 3.8) is 0 Å². The van der Waals surface area contributed by atoms with Crippen molar-refractivity contribution in [2.24, 2.45) is 5.92 Å². The minimum atomic E-state index is -0.144. The van der Waals surface area contributed by atoms with Crippen LogP contribution in [-0.4, -0.2) is 44.3 Å². The second kappa shape index (κ2) is 9.42. The summed E-state index contributed by atoms with van der Waals surface area (Å²) in [6, 6.07) is 7.29. The van der Waals surface area contributed by atoms with Crippen molar-refractivity contribution in [1.29, 1.82) is 0 Å². The van der Waals surface area contributed by atoms with Gasteiger partial charge in [0, 0.05) is 25.7 Å². The molecule has 0 saturated carbocycles. The number of amides is 3. The summed E-state index contributed by atoms with van der Waals surface area (Å²) in [4.78, 5) is 23.6. The van der Waals surface area contributed by atoms with Crippen molar-refractivity contribution >= 4 is 11.9 Å². The van der Waals surface area contributed by atoms with E-state index in [4.69, 9.17) is 4.74 Å². The molecule has 0 bridgehead atoms. The van der Waals surface area contributed by atoms with Gasteiger partial charge in [0.25, 0.3) is 5.91 Å². The van der Waals surface area contributed by atoms with Gasteiger partial charge in [0.2, 0.25) is 0 Å². The molecule has 0 aromatic heterocycles. The highest BCUT2D eigenvalue weighted by Gasteiger charge is 2.24. The van der Waals surface area contributed by atoms with Gasteiger partial charge < -0.3 is 20.7 Å². The number of ether oxygens (including phenoxy) is 1. The third-order valence-corrected chi connectivity index (χ3v) is 4.46. The summed E-state index contributed by atoms with van der Waals surface area (Å²) in [5, 5.41) is 8.43. The molecule has 3 N–H and O–H groups in total. The summed E-state index contributed by atoms with van der Waals surface area (Å²) in [5.74, 6) is 0.362. The molecule has 1 fully saturated rings. The van der Waals surface area contributed by atoms with Crippen molar-refractivity contribution < 1.29 is 14.3 Å². The zero-order chi connectivity index (χ0) is 18.2. The minimum Gasteiger partial charge on any atom is -0.376 e. The lowest BCUT2D eigenvalue weighted by molar-refractivity contribution is -0.0511. The van der Waals surface area contributed by atoms with Gasteiger partial charge in [0.1, 0.15) is 0 Å². The Labute approximate surface area is 149 Å². The Morgan fingerprint density at radius 1 is 1.16 bits per heavy atom. The molecule has 6 nitrogen and oxygen atoms in total. The van der Waals surface area contributed by atoms with Crippen molar-refractivity contribution in [2.75, 3.05) is 20.1 Å². The van der Waals surface area contributed by atoms with Gasteiger partial charge in [-0.05, 0) is 56.7 Å². The molecule has 1 aliphatic heterocycles. The van der Waals surface area contributed by atoms with E-state index in [9.17, 15) is 9.59 Å². The molecule has 1 aromatic rings. The first-order chi connectivity index (χ1) is 12.0. The Balaban J connectivity index is 1.69. The molecule has 6 heteroatoms. The van der Waals surface area contributed by atoms with Crippen LogP contribution in [0.25, 0.3) is 0 Å². The Morgan fingerprint density at radius 3 is 2.56 bits per heavy atom. The van der Waals surface area contributed by atoms with Crippen molar-refractivity contribution in [1.82, 2.24) is 16.0 Å². The van der Waals surface area contributed by atoms with Gasteiger partial charge in [0.15, 0.2) is 0 Å². The van der Waals surface area contributed by atoms with Gasteiger partial charge in [-0.2, -0.15) is 0 Å². The molecule has 1 saturated heterocycles. The van der Waals surface area contributed by atoms with Gasteiger partial charge in [0.05, 0.1) is 12.2 Å². The fraction of sp³-hybridized carbons (Fsp3) is 0.579. The number of hydrogen-bond donors (Lipinski definition) is 3. The first-order valence-corrected chi connectivity index (χ1v) is 8.96. The van der Waals surface area contributed by atoms with E-state index in [-0.39, 0.29) is 24.1 Å². The lowest BCUT2D eigenvalue weighted by Crippen LogP contribution is -2.41. The normalized spacial score (nSPS) is 22.9. The van der Waals surface area contributed by atoms with Crippen molar-refractivity contribution in [3.8, 4) is 0 Å². The number of carbonyl (C=O) groups is 2. The van der Waals surface area contributed by atoms with Crippen LogP contribution in [-0.2, 0) is 11.2 Å². The van der Waals surface area contributed by atoms with Crippen LogP contribution in [0.15, 0.2) is 24.3 Å². The standard InChI is InChI=1S/C19H29N3O3/c1-13-9-16(10-14(2)25-13)12-22-19(24)21-8-7-15-5-4-6-17(11-15)18(23)20-3/h4-6,11,13-14,16H,7-10,12H2,1-3H3,(H,20,23)(H2,21,22,24)/t13-,14-/m1/s1. The molecule has 0 spiro atoms. The first-order valence-electron chi connectivity index (χ1n) is 8.96. The summed E-state index contributed by atoms with van der Waals surface area (Å²) < 4.78 is 5.71. The molecule has 2 atom stereocenters. The van der Waals surface area contributed by atoms with E-state index < -0.39 is 0 Å². The first kappa shape index (κ1) is 19.2. The SMILES string of the molecule is CNC(=O)c1cccc(CCNC(=O)NCC2C[C@@H](C)O[C@H](C)C2)c1. The molecule has 1 heterocycles. The highest BCUT2D eigenvalue weighted by Crippen LogP contribution is 2.23. The lowest BCUT2D eigenvalue weighted by Gasteiger charge is -2.32. The van der Waals surface area contributed by atoms with Crippen LogP contribution >= 0.6 is 0 Å². The molecule has 1 aliphatic rings. The molecule has 3 amide bonds. The van der Waals surface area contributed by atoms with E-state index >= 15 is 0 Å². The summed E-state index contributed by atoms with van der Waals surface area (Å²) in [5.41, 5.74) is 1.65. The monoisotopic (exact) mass is 347 g/mol. The van der Waals surface area contributed by atoms with Gasteiger partial charge in [-0.25, -0.2) is 4.79 Å². The molecular weight excluding hydrogens is 318 g/mol. The van der Waals surface area contributed by atoms with E-state index in [0.717, 1.165) is 18.4 Å². The van der Waals surface area contributed by atoms with Gasteiger partial charge >= 0.3 is 6.03 Å². The van der Waals surface area contributed by atoms with Crippen LogP contribution in [0.1, 0.15) is 42.6 Å². The zero-order valence-corrected chi connectivity index (χ0v) is 15.3. The molecule has 0 unspecified atom stereocenters. The molecule has 138 valence electrons. The smallest absolute Gasteiger partial charge is 0.314 e. The van der Waals surface area contributed by atoms with Crippen LogP contribution in [0.5, 0.6) is 0 Å². The van der Waals surface area contributed by atoms with E-state index in [2.05, 4.69) is 29.8 Å². The van der Waals surface area contributed by atoms with Crippen LogP contribution in [0.4, 0.5) is 4.79 Å². The highest BCUT2D eigenvalue weighted by molar-refractivity contribution is 5.94. The number of benzene rings is 1. The largest absolute Gasteiger partial charge is 0.376 e. The molecule has 0 aliphatic carbocycles. The number of carbonyl (C=O) groups excluding carboxylic acids is 2. The summed E-state index contributed by atoms with van der Waals surface area (Å²) in [6.45, 7) is 5.37. The Hall–Kier alpha value is -2.08. The fourth-order valence-corrected chi connectivity index (χ4v) is 3.34. The third kappa shape index (κ3) is 6.38. The molecular formula is C19H29N3O3. The Morgan fingerprint density at radius 2 is 1.88 bits per heavy atom. The summed E-state index contributed by atoms with van der Waals surface area (Å²) >= 11 is 0. The van der Waals surface area contributed by atoms with Gasteiger partial charge in [-0.15, -0.1) is 0 Å². The van der Waals surface area contributed by atoms with Crippen LogP contribution in [0, 0.1) is 5.92 Å². The molecule has 1 aromatic carbocycles. The zero-order valence-electron chi connectivity index (χ0n) is 15.3. The molecule has 0 radical (unpaired) electrons. The average molecular weight is 347 g/mol. The van der Waals surface area contributed by atoms with Gasteiger partial charge in [-0.1, -0.05) is 12.1 Å². The van der Waals surface area contributed by atoms with E-state index in [1.807, 2.05) is 18.2 Å². The van der Waals surface area contributed by atoms with E-state index in [1.165, 1.54) is 0 Å². The summed E-state index contributed by atoms with van der Waals surface area (Å²) in [6.07, 6.45) is 3.16. The predicted octanol–water partition coefficient (Wildman–Crippen LogP) is 2.09. The maximum absolute atomic E-state index is 11.9. The summed E-state index contributed by atoms with van der Waals surface area (Å²) in [7, 11) is 1.61. The lowest BCUT2D eigenvalue weighted by atomic mass is 9.92.